The number of carbonyl (C=O) groups excluding carboxylic acids is 2. The van der Waals surface area contributed by atoms with Crippen LogP contribution in [0.15, 0.2) is 36.4 Å². The number of carbonyl (C=O) groups is 2. The van der Waals surface area contributed by atoms with E-state index in [1.807, 2.05) is 6.92 Å². The number of hydrogen-bond donors (Lipinski definition) is 5. The Morgan fingerprint density at radius 1 is 1.03 bits per heavy atom. The van der Waals surface area contributed by atoms with Crippen molar-refractivity contribution in [1.82, 2.24) is 5.06 Å². The van der Waals surface area contributed by atoms with Crippen LogP contribution in [0.3, 0.4) is 0 Å². The van der Waals surface area contributed by atoms with Crippen molar-refractivity contribution in [2.45, 2.75) is 25.4 Å². The molecule has 156 valence electrons. The van der Waals surface area contributed by atoms with Crippen LogP contribution in [0.2, 0.25) is 0 Å². The fraction of sp³-hybridized carbons (Fsp3) is 0.300. The summed E-state index contributed by atoms with van der Waals surface area (Å²) in [5.41, 5.74) is -1.84. The van der Waals surface area contributed by atoms with E-state index in [0.717, 1.165) is 19.2 Å². The van der Waals surface area contributed by atoms with Crippen molar-refractivity contribution >= 4 is 11.7 Å². The van der Waals surface area contributed by atoms with Gasteiger partial charge in [0.2, 0.25) is 11.5 Å². The predicted molar refractivity (Wildman–Crippen MR) is 101 cm³/mol. The van der Waals surface area contributed by atoms with E-state index in [2.05, 4.69) is 0 Å². The first kappa shape index (κ1) is 22.0. The second kappa shape index (κ2) is 8.80. The number of aromatic hydroxyl groups is 3. The molecule has 0 aromatic heterocycles. The number of rotatable bonds is 8. The molecule has 0 saturated heterocycles. The number of hydrogen-bond acceptors (Lipinski definition) is 8. The maximum atomic E-state index is 12.2. The molecule has 0 saturated carbocycles. The minimum Gasteiger partial charge on any atom is -0.504 e. The molecule has 0 fully saturated rings. The molecule has 0 heterocycles. The summed E-state index contributed by atoms with van der Waals surface area (Å²) in [6.07, 6.45) is -1.01. The number of nitrogens with zero attached hydrogens (tertiary/aromatic N) is 1. The smallest absolute Gasteiger partial charge is 0.313 e. The summed E-state index contributed by atoms with van der Waals surface area (Å²) >= 11 is 0. The van der Waals surface area contributed by atoms with Crippen LogP contribution >= 0.6 is 0 Å². The lowest BCUT2D eigenvalue weighted by Crippen LogP contribution is -2.38. The van der Waals surface area contributed by atoms with Crippen molar-refractivity contribution in [1.29, 1.82) is 0 Å². The predicted octanol–water partition coefficient (Wildman–Crippen LogP) is 1.44. The lowest BCUT2D eigenvalue weighted by molar-refractivity contribution is -0.167. The van der Waals surface area contributed by atoms with Crippen LogP contribution in [-0.2, 0) is 21.6 Å². The summed E-state index contributed by atoms with van der Waals surface area (Å²) in [6, 6.07) is 8.76. The highest BCUT2D eigenvalue weighted by Crippen LogP contribution is 2.44. The van der Waals surface area contributed by atoms with E-state index in [1.54, 1.807) is 24.3 Å². The Kier molecular flexibility index (Phi) is 6.68. The molecule has 5 N–H and O–H groups in total. The zero-order valence-electron chi connectivity index (χ0n) is 16.0. The number of Topliss-reactive ketones (excluding diaryl/α,β-unsaturated/α-hetero) is 1. The topological polar surface area (TPSA) is 148 Å². The second-order valence-corrected chi connectivity index (χ2v) is 6.54. The number of aliphatic hydroxyl groups is 1. The van der Waals surface area contributed by atoms with Crippen molar-refractivity contribution < 1.29 is 40.0 Å². The van der Waals surface area contributed by atoms with E-state index in [1.165, 1.54) is 0 Å². The lowest BCUT2D eigenvalue weighted by atomic mass is 9.82. The first-order valence-electron chi connectivity index (χ1n) is 8.77. The van der Waals surface area contributed by atoms with Gasteiger partial charge in [0.25, 0.3) is 0 Å². The number of amides is 1. The zero-order valence-corrected chi connectivity index (χ0v) is 16.0. The summed E-state index contributed by atoms with van der Waals surface area (Å²) in [5.74, 6) is -4.08. The van der Waals surface area contributed by atoms with Gasteiger partial charge in [-0.05, 0) is 36.8 Å². The molecular formula is C20H23NO8. The number of likely N-dealkylation sites (N-methyl/N-ethyl adjacent to an activating group) is 1. The molecule has 2 aromatic rings. The third kappa shape index (κ3) is 4.95. The first-order chi connectivity index (χ1) is 13.6. The van der Waals surface area contributed by atoms with Gasteiger partial charge in [-0.1, -0.05) is 12.1 Å². The molecule has 2 aromatic carbocycles. The van der Waals surface area contributed by atoms with E-state index < -0.39 is 41.0 Å². The summed E-state index contributed by atoms with van der Waals surface area (Å²) in [6.45, 7) is 2.29. The number of ketones is 1. The van der Waals surface area contributed by atoms with Gasteiger partial charge >= 0.3 is 5.91 Å². The molecule has 0 spiro atoms. The van der Waals surface area contributed by atoms with E-state index in [9.17, 15) is 35.2 Å². The number of ether oxygens (including phenoxy) is 1. The molecule has 0 bridgehead atoms. The van der Waals surface area contributed by atoms with Crippen LogP contribution in [0, 0.1) is 0 Å². The fourth-order valence-corrected chi connectivity index (χ4v) is 2.93. The standard InChI is InChI=1S/C20H23NO8/c1-3-29-13-6-4-12(5-7-13)10-20(27,11-16(23)19(26)21(2)28)14-8-9-15(22)18(25)17(14)24/h4-9,22,24-25,27-28H,3,10-11H2,1-2H3. The molecule has 0 radical (unpaired) electrons. The van der Waals surface area contributed by atoms with Crippen LogP contribution in [0.25, 0.3) is 0 Å². The highest BCUT2D eigenvalue weighted by molar-refractivity contribution is 6.35. The van der Waals surface area contributed by atoms with E-state index >= 15 is 0 Å². The lowest BCUT2D eigenvalue weighted by Gasteiger charge is -2.29. The molecule has 29 heavy (non-hydrogen) atoms. The number of phenolic OH excluding ortho intramolecular Hbond substituents is 3. The number of phenols is 3. The highest BCUT2D eigenvalue weighted by Gasteiger charge is 2.38. The summed E-state index contributed by atoms with van der Waals surface area (Å²) in [7, 11) is 0.968. The van der Waals surface area contributed by atoms with Crippen molar-refractivity contribution in [2.24, 2.45) is 0 Å². The van der Waals surface area contributed by atoms with Crippen LogP contribution in [0.4, 0.5) is 0 Å². The summed E-state index contributed by atoms with van der Waals surface area (Å²) in [4.78, 5) is 24.0. The Morgan fingerprint density at radius 2 is 1.66 bits per heavy atom. The van der Waals surface area contributed by atoms with E-state index in [4.69, 9.17) is 4.74 Å². The summed E-state index contributed by atoms with van der Waals surface area (Å²) in [5, 5.41) is 50.1. The van der Waals surface area contributed by atoms with Crippen LogP contribution in [-0.4, -0.2) is 56.0 Å². The largest absolute Gasteiger partial charge is 0.504 e. The molecule has 2 rings (SSSR count). The second-order valence-electron chi connectivity index (χ2n) is 6.54. The SMILES string of the molecule is CCOc1ccc(CC(O)(CC(=O)C(=O)N(C)O)c2ccc(O)c(O)c2O)cc1. The Hall–Kier alpha value is -3.30. The van der Waals surface area contributed by atoms with Gasteiger partial charge in [0.05, 0.1) is 6.61 Å². The molecule has 1 unspecified atom stereocenters. The van der Waals surface area contributed by atoms with Crippen molar-refractivity contribution in [3.63, 3.8) is 0 Å². The van der Waals surface area contributed by atoms with Crippen molar-refractivity contribution in [3.05, 3.63) is 47.5 Å². The quantitative estimate of drug-likeness (QED) is 0.192. The summed E-state index contributed by atoms with van der Waals surface area (Å²) < 4.78 is 5.35. The van der Waals surface area contributed by atoms with E-state index in [-0.39, 0.29) is 17.0 Å². The Labute approximate surface area is 167 Å². The maximum Gasteiger partial charge on any atom is 0.313 e. The van der Waals surface area contributed by atoms with Crippen LogP contribution < -0.4 is 4.74 Å². The van der Waals surface area contributed by atoms with Gasteiger partial charge in [0.1, 0.15) is 11.4 Å². The van der Waals surface area contributed by atoms with E-state index in [0.29, 0.717) is 17.9 Å². The molecule has 0 aliphatic rings. The van der Waals surface area contributed by atoms with Gasteiger partial charge in [-0.2, -0.15) is 0 Å². The molecule has 9 heteroatoms. The molecule has 9 nitrogen and oxygen atoms in total. The third-order valence-corrected chi connectivity index (χ3v) is 4.35. The highest BCUT2D eigenvalue weighted by atomic mass is 16.5. The molecular weight excluding hydrogens is 382 g/mol. The zero-order chi connectivity index (χ0) is 21.8. The van der Waals surface area contributed by atoms with Gasteiger partial charge in [-0.3, -0.25) is 14.8 Å². The monoisotopic (exact) mass is 405 g/mol. The Morgan fingerprint density at radius 3 is 2.21 bits per heavy atom. The Bertz CT molecular complexity index is 894. The average Bonchev–Trinajstić information content (AvgIpc) is 2.67. The molecule has 0 aliphatic heterocycles. The first-order valence-corrected chi connectivity index (χ1v) is 8.77. The fourth-order valence-electron chi connectivity index (χ4n) is 2.93. The maximum absolute atomic E-state index is 12.2. The number of hydroxylamine groups is 2. The molecule has 0 aliphatic carbocycles. The van der Waals surface area contributed by atoms with Crippen molar-refractivity contribution in [3.8, 4) is 23.0 Å². The van der Waals surface area contributed by atoms with Gasteiger partial charge in [0, 0.05) is 25.5 Å². The van der Waals surface area contributed by atoms with Gasteiger partial charge in [-0.15, -0.1) is 0 Å². The van der Waals surface area contributed by atoms with Gasteiger partial charge < -0.3 is 25.2 Å². The molecule has 1 atom stereocenters. The van der Waals surface area contributed by atoms with Crippen LogP contribution in [0.5, 0.6) is 23.0 Å². The Balaban J connectivity index is 2.46. The number of benzene rings is 2. The molecule has 1 amide bonds. The van der Waals surface area contributed by atoms with Crippen molar-refractivity contribution in [2.75, 3.05) is 13.7 Å². The minimum absolute atomic E-state index is 0.0911. The minimum atomic E-state index is -2.12. The third-order valence-electron chi connectivity index (χ3n) is 4.35. The van der Waals surface area contributed by atoms with Gasteiger partial charge in [0.15, 0.2) is 11.5 Å². The van der Waals surface area contributed by atoms with Crippen LogP contribution in [0.1, 0.15) is 24.5 Å². The normalized spacial score (nSPS) is 12.8. The van der Waals surface area contributed by atoms with Gasteiger partial charge in [-0.25, -0.2) is 5.06 Å². The average molecular weight is 405 g/mol.